The van der Waals surface area contributed by atoms with Gasteiger partial charge in [0.05, 0.1) is 12.7 Å². The topological polar surface area (TPSA) is 21.3 Å². The van der Waals surface area contributed by atoms with Gasteiger partial charge in [-0.25, -0.2) is 0 Å². The van der Waals surface area contributed by atoms with E-state index in [1.165, 1.54) is 0 Å². The van der Waals surface area contributed by atoms with E-state index in [2.05, 4.69) is 12.2 Å². The Bertz CT molecular complexity index is 355. The first-order chi connectivity index (χ1) is 8.00. The van der Waals surface area contributed by atoms with E-state index in [-0.39, 0.29) is 12.1 Å². The number of halogens is 2. The van der Waals surface area contributed by atoms with Crippen molar-refractivity contribution in [1.82, 2.24) is 5.32 Å². The first-order valence-corrected chi connectivity index (χ1v) is 6.56. The molecule has 0 spiro atoms. The molecule has 0 fully saturated rings. The highest BCUT2D eigenvalue weighted by Gasteiger charge is 2.09. The Morgan fingerprint density at radius 3 is 2.53 bits per heavy atom. The molecule has 0 saturated heterocycles. The third-order valence-electron chi connectivity index (χ3n) is 2.43. The van der Waals surface area contributed by atoms with Gasteiger partial charge in [0.15, 0.2) is 0 Å². The molecule has 1 aromatic rings. The fourth-order valence-electron chi connectivity index (χ4n) is 1.53. The first-order valence-electron chi connectivity index (χ1n) is 5.80. The molecule has 1 N–H and O–H groups in total. The van der Waals surface area contributed by atoms with Gasteiger partial charge in [-0.05, 0) is 38.5 Å². The van der Waals surface area contributed by atoms with E-state index in [9.17, 15) is 0 Å². The van der Waals surface area contributed by atoms with Crippen LogP contribution in [0.15, 0.2) is 18.2 Å². The van der Waals surface area contributed by atoms with Gasteiger partial charge >= 0.3 is 0 Å². The Morgan fingerprint density at radius 2 is 1.94 bits per heavy atom. The summed E-state index contributed by atoms with van der Waals surface area (Å²) in [7, 11) is 0. The van der Waals surface area contributed by atoms with Crippen molar-refractivity contribution < 1.29 is 4.74 Å². The zero-order valence-electron chi connectivity index (χ0n) is 10.5. The van der Waals surface area contributed by atoms with Gasteiger partial charge in [0.2, 0.25) is 0 Å². The van der Waals surface area contributed by atoms with Crippen LogP contribution in [0.4, 0.5) is 0 Å². The molecule has 0 radical (unpaired) electrons. The Morgan fingerprint density at radius 1 is 1.24 bits per heavy atom. The van der Waals surface area contributed by atoms with Crippen molar-refractivity contribution in [1.29, 1.82) is 0 Å². The minimum atomic E-state index is 0.190. The lowest BCUT2D eigenvalue weighted by atomic mass is 10.1. The molecule has 0 aliphatic rings. The molecular formula is C13H19Cl2NO. The number of hydrogen-bond acceptors (Lipinski definition) is 2. The Kier molecular flexibility index (Phi) is 6.28. The molecule has 0 aliphatic heterocycles. The van der Waals surface area contributed by atoms with Crippen LogP contribution in [0, 0.1) is 0 Å². The zero-order valence-corrected chi connectivity index (χ0v) is 12.0. The van der Waals surface area contributed by atoms with E-state index >= 15 is 0 Å². The van der Waals surface area contributed by atoms with Gasteiger partial charge in [0, 0.05) is 22.6 Å². The molecule has 4 heteroatoms. The summed E-state index contributed by atoms with van der Waals surface area (Å²) in [6, 6.07) is 5.76. The molecule has 1 rings (SSSR count). The summed E-state index contributed by atoms with van der Waals surface area (Å²) in [5, 5.41) is 4.72. The predicted molar refractivity (Wildman–Crippen MR) is 74.0 cm³/mol. The summed E-state index contributed by atoms with van der Waals surface area (Å²) in [6.45, 7) is 7.63. The third kappa shape index (κ3) is 5.26. The second-order valence-corrected chi connectivity index (χ2v) is 5.10. The first kappa shape index (κ1) is 14.8. The average Bonchev–Trinajstić information content (AvgIpc) is 2.23. The summed E-state index contributed by atoms with van der Waals surface area (Å²) in [5.74, 6) is 0. The van der Waals surface area contributed by atoms with E-state index in [4.69, 9.17) is 27.9 Å². The van der Waals surface area contributed by atoms with Crippen LogP contribution in [0.5, 0.6) is 0 Å². The maximum atomic E-state index is 6.13. The molecule has 0 heterocycles. The Balaban J connectivity index is 2.44. The molecule has 0 bridgehead atoms. The normalized spacial score (nSPS) is 13.1. The van der Waals surface area contributed by atoms with Crippen molar-refractivity contribution in [3.63, 3.8) is 0 Å². The fourth-order valence-corrected chi connectivity index (χ4v) is 2.10. The Labute approximate surface area is 113 Å². The van der Waals surface area contributed by atoms with Gasteiger partial charge in [0.1, 0.15) is 0 Å². The average molecular weight is 276 g/mol. The van der Waals surface area contributed by atoms with Gasteiger partial charge < -0.3 is 10.1 Å². The molecule has 96 valence electrons. The van der Waals surface area contributed by atoms with Crippen molar-refractivity contribution in [2.24, 2.45) is 0 Å². The van der Waals surface area contributed by atoms with Crippen LogP contribution in [0.3, 0.4) is 0 Å². The lowest BCUT2D eigenvalue weighted by molar-refractivity contribution is 0.0796. The zero-order chi connectivity index (χ0) is 12.8. The van der Waals surface area contributed by atoms with Crippen LogP contribution in [0.25, 0.3) is 0 Å². The number of nitrogens with one attached hydrogen (secondary N) is 1. The summed E-state index contributed by atoms with van der Waals surface area (Å²) in [6.07, 6.45) is 0.270. The molecule has 0 amide bonds. The SMILES string of the molecule is CC(C)OCCNC(C)c1ccc(Cl)cc1Cl. The molecule has 17 heavy (non-hydrogen) atoms. The predicted octanol–water partition coefficient (Wildman–Crippen LogP) is 4.07. The van der Waals surface area contributed by atoms with Crippen molar-refractivity contribution in [2.75, 3.05) is 13.2 Å². The second kappa shape index (κ2) is 7.22. The molecule has 0 aromatic heterocycles. The van der Waals surface area contributed by atoms with Crippen molar-refractivity contribution in [3.8, 4) is 0 Å². The minimum Gasteiger partial charge on any atom is -0.377 e. The number of hydrogen-bond donors (Lipinski definition) is 1. The van der Waals surface area contributed by atoms with Crippen LogP contribution in [-0.2, 0) is 4.74 Å². The van der Waals surface area contributed by atoms with Crippen LogP contribution < -0.4 is 5.32 Å². The Hall–Kier alpha value is -0.280. The van der Waals surface area contributed by atoms with Crippen LogP contribution >= 0.6 is 23.2 Å². The highest BCUT2D eigenvalue weighted by atomic mass is 35.5. The summed E-state index contributed by atoms with van der Waals surface area (Å²) in [5.41, 5.74) is 1.06. The van der Waals surface area contributed by atoms with Gasteiger partial charge in [-0.15, -0.1) is 0 Å². The largest absolute Gasteiger partial charge is 0.377 e. The molecule has 0 saturated carbocycles. The monoisotopic (exact) mass is 275 g/mol. The molecule has 1 unspecified atom stereocenters. The van der Waals surface area contributed by atoms with E-state index < -0.39 is 0 Å². The summed E-state index contributed by atoms with van der Waals surface area (Å²) in [4.78, 5) is 0. The van der Waals surface area contributed by atoms with Crippen LogP contribution in [0.2, 0.25) is 10.0 Å². The molecular weight excluding hydrogens is 257 g/mol. The number of rotatable bonds is 6. The minimum absolute atomic E-state index is 0.190. The van der Waals surface area contributed by atoms with Gasteiger partial charge in [0.25, 0.3) is 0 Å². The van der Waals surface area contributed by atoms with Crippen molar-refractivity contribution >= 4 is 23.2 Å². The molecule has 0 aliphatic carbocycles. The van der Waals surface area contributed by atoms with E-state index in [1.807, 2.05) is 26.0 Å². The van der Waals surface area contributed by atoms with Gasteiger partial charge in [-0.2, -0.15) is 0 Å². The number of ether oxygens (including phenoxy) is 1. The van der Waals surface area contributed by atoms with Crippen molar-refractivity contribution in [2.45, 2.75) is 32.9 Å². The molecule has 2 nitrogen and oxygen atoms in total. The lowest BCUT2D eigenvalue weighted by Crippen LogP contribution is -2.24. The summed E-state index contributed by atoms with van der Waals surface area (Å²) < 4.78 is 5.46. The van der Waals surface area contributed by atoms with Crippen LogP contribution in [0.1, 0.15) is 32.4 Å². The van der Waals surface area contributed by atoms with Gasteiger partial charge in [-0.1, -0.05) is 29.3 Å². The van der Waals surface area contributed by atoms with Gasteiger partial charge in [-0.3, -0.25) is 0 Å². The van der Waals surface area contributed by atoms with Crippen LogP contribution in [-0.4, -0.2) is 19.3 Å². The maximum Gasteiger partial charge on any atom is 0.0594 e. The molecule has 1 aromatic carbocycles. The third-order valence-corrected chi connectivity index (χ3v) is 3.00. The number of benzene rings is 1. The highest BCUT2D eigenvalue weighted by Crippen LogP contribution is 2.25. The van der Waals surface area contributed by atoms with Crippen molar-refractivity contribution in [3.05, 3.63) is 33.8 Å². The highest BCUT2D eigenvalue weighted by molar-refractivity contribution is 6.35. The molecule has 1 atom stereocenters. The maximum absolute atomic E-state index is 6.13. The standard InChI is InChI=1S/C13H19Cl2NO/c1-9(2)17-7-6-16-10(3)12-5-4-11(14)8-13(12)15/h4-5,8-10,16H,6-7H2,1-3H3. The van der Waals surface area contributed by atoms with E-state index in [0.29, 0.717) is 16.7 Å². The summed E-state index contributed by atoms with van der Waals surface area (Å²) >= 11 is 12.0. The quantitative estimate of drug-likeness (QED) is 0.791. The second-order valence-electron chi connectivity index (χ2n) is 4.26. The fraction of sp³-hybridized carbons (Fsp3) is 0.538. The van der Waals surface area contributed by atoms with E-state index in [0.717, 1.165) is 12.1 Å². The van der Waals surface area contributed by atoms with E-state index in [1.54, 1.807) is 6.07 Å². The smallest absolute Gasteiger partial charge is 0.0594 e. The lowest BCUT2D eigenvalue weighted by Gasteiger charge is -2.16.